The molecule has 0 N–H and O–H groups in total. The molecule has 2 aromatic rings. The Morgan fingerprint density at radius 2 is 1.04 bits per heavy atom. The quantitative estimate of drug-likeness (QED) is 0.785. The predicted octanol–water partition coefficient (Wildman–Crippen LogP) is 2.94. The van der Waals surface area contributed by atoms with E-state index in [0.29, 0.717) is 22.6 Å². The van der Waals surface area contributed by atoms with Crippen molar-refractivity contribution in [1.29, 1.82) is 0 Å². The number of carbonyl (C=O) groups is 2. The molecule has 24 heavy (non-hydrogen) atoms. The Morgan fingerprint density at radius 1 is 0.667 bits per heavy atom. The maximum absolute atomic E-state index is 11.7. The molecule has 0 atom stereocenters. The Labute approximate surface area is 139 Å². The first-order chi connectivity index (χ1) is 11.5. The van der Waals surface area contributed by atoms with Crippen molar-refractivity contribution < 1.29 is 28.5 Å². The van der Waals surface area contributed by atoms with Crippen molar-refractivity contribution in [2.45, 2.75) is 0 Å². The van der Waals surface area contributed by atoms with Gasteiger partial charge in [-0.15, -0.1) is 0 Å². The zero-order chi connectivity index (χ0) is 17.7. The predicted molar refractivity (Wildman–Crippen MR) is 87.7 cm³/mol. The van der Waals surface area contributed by atoms with Crippen LogP contribution in [-0.2, 0) is 9.47 Å². The van der Waals surface area contributed by atoms with Gasteiger partial charge in [-0.3, -0.25) is 0 Å². The van der Waals surface area contributed by atoms with Gasteiger partial charge in [0, 0.05) is 0 Å². The SMILES string of the molecule is COC(=O)c1ccc(-c2ccc(C(=O)OC)c(OC)c2)cc1OC. The first kappa shape index (κ1) is 17.3. The lowest BCUT2D eigenvalue weighted by Crippen LogP contribution is -2.05. The van der Waals surface area contributed by atoms with E-state index in [9.17, 15) is 9.59 Å². The molecule has 2 rings (SSSR count). The molecule has 0 saturated heterocycles. The molecule has 6 heteroatoms. The van der Waals surface area contributed by atoms with Gasteiger partial charge in [-0.05, 0) is 35.4 Å². The van der Waals surface area contributed by atoms with Crippen LogP contribution in [0.1, 0.15) is 20.7 Å². The lowest BCUT2D eigenvalue weighted by molar-refractivity contribution is 0.0588. The van der Waals surface area contributed by atoms with Crippen molar-refractivity contribution in [2.24, 2.45) is 0 Å². The largest absolute Gasteiger partial charge is 0.496 e. The Kier molecular flexibility index (Phi) is 5.42. The summed E-state index contributed by atoms with van der Waals surface area (Å²) in [6.07, 6.45) is 0. The third-order valence-electron chi connectivity index (χ3n) is 3.55. The number of hydrogen-bond donors (Lipinski definition) is 0. The maximum atomic E-state index is 11.7. The Hall–Kier alpha value is -3.02. The highest BCUT2D eigenvalue weighted by Crippen LogP contribution is 2.31. The third-order valence-corrected chi connectivity index (χ3v) is 3.55. The van der Waals surface area contributed by atoms with Crippen LogP contribution in [0.15, 0.2) is 36.4 Å². The van der Waals surface area contributed by atoms with Gasteiger partial charge in [-0.25, -0.2) is 9.59 Å². The number of hydrogen-bond acceptors (Lipinski definition) is 6. The van der Waals surface area contributed by atoms with Crippen molar-refractivity contribution in [1.82, 2.24) is 0 Å². The van der Waals surface area contributed by atoms with E-state index in [1.807, 2.05) is 0 Å². The second-order valence-corrected chi connectivity index (χ2v) is 4.81. The van der Waals surface area contributed by atoms with Crippen molar-refractivity contribution in [3.63, 3.8) is 0 Å². The zero-order valence-corrected chi connectivity index (χ0v) is 13.9. The minimum absolute atomic E-state index is 0.335. The van der Waals surface area contributed by atoms with Gasteiger partial charge in [-0.1, -0.05) is 12.1 Å². The number of methoxy groups -OCH3 is 4. The summed E-state index contributed by atoms with van der Waals surface area (Å²) in [6.45, 7) is 0. The van der Waals surface area contributed by atoms with E-state index in [2.05, 4.69) is 0 Å². The second-order valence-electron chi connectivity index (χ2n) is 4.81. The Morgan fingerprint density at radius 3 is 1.33 bits per heavy atom. The van der Waals surface area contributed by atoms with Crippen molar-refractivity contribution in [3.05, 3.63) is 47.5 Å². The monoisotopic (exact) mass is 330 g/mol. The number of carbonyl (C=O) groups excluding carboxylic acids is 2. The Bertz CT molecular complexity index is 701. The summed E-state index contributed by atoms with van der Waals surface area (Å²) in [5, 5.41) is 0. The van der Waals surface area contributed by atoms with Gasteiger partial charge < -0.3 is 18.9 Å². The number of benzene rings is 2. The highest BCUT2D eigenvalue weighted by molar-refractivity contribution is 5.95. The number of esters is 2. The van der Waals surface area contributed by atoms with Crippen LogP contribution in [0.25, 0.3) is 11.1 Å². The number of ether oxygens (including phenoxy) is 4. The first-order valence-corrected chi connectivity index (χ1v) is 7.08. The van der Waals surface area contributed by atoms with E-state index in [4.69, 9.17) is 18.9 Å². The Balaban J connectivity index is 2.48. The summed E-state index contributed by atoms with van der Waals surface area (Å²) >= 11 is 0. The van der Waals surface area contributed by atoms with Crippen LogP contribution in [0.3, 0.4) is 0 Å². The average molecular weight is 330 g/mol. The van der Waals surface area contributed by atoms with Crippen LogP contribution in [0.4, 0.5) is 0 Å². The fourth-order valence-corrected chi connectivity index (χ4v) is 2.30. The van der Waals surface area contributed by atoms with E-state index in [0.717, 1.165) is 11.1 Å². The minimum Gasteiger partial charge on any atom is -0.496 e. The van der Waals surface area contributed by atoms with Crippen LogP contribution in [-0.4, -0.2) is 40.4 Å². The average Bonchev–Trinajstić information content (AvgIpc) is 2.65. The molecule has 0 heterocycles. The standard InChI is InChI=1S/C18H18O6/c1-21-15-9-11(5-7-13(15)17(19)23-3)12-6-8-14(18(20)24-4)16(10-12)22-2/h5-10H,1-4H3. The fourth-order valence-electron chi connectivity index (χ4n) is 2.30. The summed E-state index contributed by atoms with van der Waals surface area (Å²) in [5.74, 6) is -0.153. The normalized spacial score (nSPS) is 10.0. The molecule has 2 aromatic carbocycles. The molecule has 126 valence electrons. The minimum atomic E-state index is -0.475. The van der Waals surface area contributed by atoms with Crippen LogP contribution < -0.4 is 9.47 Å². The van der Waals surface area contributed by atoms with Crippen LogP contribution >= 0.6 is 0 Å². The lowest BCUT2D eigenvalue weighted by Gasteiger charge is -2.12. The van der Waals surface area contributed by atoms with Gasteiger partial charge in [0.2, 0.25) is 0 Å². The van der Waals surface area contributed by atoms with E-state index in [1.165, 1.54) is 28.4 Å². The van der Waals surface area contributed by atoms with Gasteiger partial charge >= 0.3 is 11.9 Å². The summed E-state index contributed by atoms with van der Waals surface area (Å²) in [4.78, 5) is 23.4. The van der Waals surface area contributed by atoms with E-state index >= 15 is 0 Å². The maximum Gasteiger partial charge on any atom is 0.341 e. The van der Waals surface area contributed by atoms with E-state index in [1.54, 1.807) is 36.4 Å². The van der Waals surface area contributed by atoms with Gasteiger partial charge in [0.1, 0.15) is 22.6 Å². The highest BCUT2D eigenvalue weighted by atomic mass is 16.5. The zero-order valence-electron chi connectivity index (χ0n) is 13.9. The lowest BCUT2D eigenvalue weighted by atomic mass is 10.0. The van der Waals surface area contributed by atoms with Crippen molar-refractivity contribution in [3.8, 4) is 22.6 Å². The van der Waals surface area contributed by atoms with E-state index < -0.39 is 11.9 Å². The van der Waals surface area contributed by atoms with Crippen LogP contribution in [0, 0.1) is 0 Å². The van der Waals surface area contributed by atoms with Crippen LogP contribution in [0.5, 0.6) is 11.5 Å². The third kappa shape index (κ3) is 3.32. The molecule has 0 aliphatic carbocycles. The summed E-state index contributed by atoms with van der Waals surface area (Å²) in [7, 11) is 5.58. The molecule has 0 fully saturated rings. The summed E-state index contributed by atoms with van der Waals surface area (Å²) < 4.78 is 20.0. The smallest absolute Gasteiger partial charge is 0.341 e. The van der Waals surface area contributed by atoms with Crippen molar-refractivity contribution in [2.75, 3.05) is 28.4 Å². The molecular formula is C18H18O6. The summed E-state index contributed by atoms with van der Waals surface area (Å²) in [5.41, 5.74) is 2.27. The summed E-state index contributed by atoms with van der Waals surface area (Å²) in [6, 6.07) is 10.2. The second kappa shape index (κ2) is 7.50. The molecule has 0 radical (unpaired) electrons. The van der Waals surface area contributed by atoms with E-state index in [-0.39, 0.29) is 0 Å². The molecule has 6 nitrogen and oxygen atoms in total. The molecule has 0 bridgehead atoms. The first-order valence-electron chi connectivity index (χ1n) is 7.08. The molecule has 0 aliphatic heterocycles. The molecule has 0 amide bonds. The van der Waals surface area contributed by atoms with Crippen LogP contribution in [0.2, 0.25) is 0 Å². The molecule has 0 saturated carbocycles. The fraction of sp³-hybridized carbons (Fsp3) is 0.222. The molecule has 0 aromatic heterocycles. The topological polar surface area (TPSA) is 71.1 Å². The van der Waals surface area contributed by atoms with Gasteiger partial charge in [0.15, 0.2) is 0 Å². The molecular weight excluding hydrogens is 312 g/mol. The van der Waals surface area contributed by atoms with Crippen molar-refractivity contribution >= 4 is 11.9 Å². The molecule has 0 unspecified atom stereocenters. The number of rotatable bonds is 5. The molecule has 0 aliphatic rings. The van der Waals surface area contributed by atoms with Gasteiger partial charge in [0.05, 0.1) is 28.4 Å². The molecule has 0 spiro atoms. The van der Waals surface area contributed by atoms with Gasteiger partial charge in [0.25, 0.3) is 0 Å². The highest BCUT2D eigenvalue weighted by Gasteiger charge is 2.16. The van der Waals surface area contributed by atoms with Gasteiger partial charge in [-0.2, -0.15) is 0 Å².